The van der Waals surface area contributed by atoms with Gasteiger partial charge in [0, 0.05) is 18.2 Å². The number of hydrogen-bond acceptors (Lipinski definition) is 5. The molecule has 0 aromatic heterocycles. The minimum atomic E-state index is -0.205. The summed E-state index contributed by atoms with van der Waals surface area (Å²) in [6, 6.07) is 11.1. The van der Waals surface area contributed by atoms with Crippen LogP contribution in [0.1, 0.15) is 34.8 Å². The van der Waals surface area contributed by atoms with E-state index >= 15 is 0 Å². The lowest BCUT2D eigenvalue weighted by atomic mass is 9.97. The van der Waals surface area contributed by atoms with Crippen LogP contribution in [-0.2, 0) is 0 Å². The molecule has 0 saturated heterocycles. The maximum Gasteiger partial charge on any atom is 0.251 e. The number of allylic oxidation sites excluding steroid dienone is 1. The van der Waals surface area contributed by atoms with Crippen LogP contribution in [0.25, 0.3) is 5.57 Å². The zero-order valence-electron chi connectivity index (χ0n) is 17.7. The second-order valence-electron chi connectivity index (χ2n) is 6.67. The molecule has 0 aliphatic rings. The summed E-state index contributed by atoms with van der Waals surface area (Å²) in [5, 5.41) is 3.04. The molecule has 0 spiro atoms. The number of methoxy groups -OCH3 is 3. The Bertz CT molecular complexity index is 860. The molecule has 0 aliphatic carbocycles. The monoisotopic (exact) mass is 398 g/mol. The van der Waals surface area contributed by atoms with Crippen LogP contribution in [-0.4, -0.2) is 39.8 Å². The van der Waals surface area contributed by atoms with Gasteiger partial charge in [0.2, 0.25) is 0 Å². The standard InChI is InChI=1S/C23H30N2O4/c1-6-16(17-7-9-19(27-3)10-8-17)12-18(14-24)25-23(26)20-13-22(29-5)21(28-4)11-15(20)2/h6-11,13,18H,12,14,24H2,1-5H3,(H,25,26)/b16-6+. The number of nitrogens with one attached hydrogen (secondary N) is 1. The van der Waals surface area contributed by atoms with Gasteiger partial charge in [-0.3, -0.25) is 4.79 Å². The number of hydrogen-bond donors (Lipinski definition) is 2. The summed E-state index contributed by atoms with van der Waals surface area (Å²) in [5.41, 5.74) is 9.47. The van der Waals surface area contributed by atoms with Gasteiger partial charge in [0.25, 0.3) is 5.91 Å². The average molecular weight is 399 g/mol. The van der Waals surface area contributed by atoms with E-state index in [0.717, 1.165) is 22.4 Å². The molecule has 2 aromatic carbocycles. The van der Waals surface area contributed by atoms with Gasteiger partial charge in [-0.25, -0.2) is 0 Å². The quantitative estimate of drug-likeness (QED) is 0.675. The van der Waals surface area contributed by atoms with E-state index in [9.17, 15) is 4.79 Å². The van der Waals surface area contributed by atoms with E-state index in [0.29, 0.717) is 30.0 Å². The lowest BCUT2D eigenvalue weighted by Gasteiger charge is -2.20. The third kappa shape index (κ3) is 5.51. The van der Waals surface area contributed by atoms with Crippen molar-refractivity contribution in [3.05, 3.63) is 59.2 Å². The fraction of sp³-hybridized carbons (Fsp3) is 0.348. The summed E-state index contributed by atoms with van der Waals surface area (Å²) >= 11 is 0. The van der Waals surface area contributed by atoms with Crippen molar-refractivity contribution >= 4 is 11.5 Å². The van der Waals surface area contributed by atoms with Gasteiger partial charge < -0.3 is 25.3 Å². The Balaban J connectivity index is 2.17. The smallest absolute Gasteiger partial charge is 0.251 e. The lowest BCUT2D eigenvalue weighted by molar-refractivity contribution is 0.0938. The first-order valence-electron chi connectivity index (χ1n) is 9.50. The van der Waals surface area contributed by atoms with Crippen molar-refractivity contribution in [2.45, 2.75) is 26.3 Å². The molecule has 1 amide bonds. The Morgan fingerprint density at radius 3 is 2.21 bits per heavy atom. The van der Waals surface area contributed by atoms with Crippen LogP contribution in [0.4, 0.5) is 0 Å². The second-order valence-corrected chi connectivity index (χ2v) is 6.67. The molecule has 0 saturated carbocycles. The van der Waals surface area contributed by atoms with Crippen molar-refractivity contribution < 1.29 is 19.0 Å². The molecule has 0 aliphatic heterocycles. The number of amides is 1. The molecule has 1 atom stereocenters. The molecule has 0 heterocycles. The molecule has 2 rings (SSSR count). The molecule has 0 bridgehead atoms. The SMILES string of the molecule is C/C=C(\CC(CN)NC(=O)c1cc(OC)c(OC)cc1C)c1ccc(OC)cc1. The highest BCUT2D eigenvalue weighted by atomic mass is 16.5. The topological polar surface area (TPSA) is 82.8 Å². The largest absolute Gasteiger partial charge is 0.497 e. The zero-order chi connectivity index (χ0) is 21.4. The van der Waals surface area contributed by atoms with Gasteiger partial charge in [-0.1, -0.05) is 18.2 Å². The summed E-state index contributed by atoms with van der Waals surface area (Å²) in [6.07, 6.45) is 2.66. The van der Waals surface area contributed by atoms with E-state index in [-0.39, 0.29) is 11.9 Å². The van der Waals surface area contributed by atoms with Crippen LogP contribution in [0.3, 0.4) is 0 Å². The fourth-order valence-corrected chi connectivity index (χ4v) is 3.15. The van der Waals surface area contributed by atoms with E-state index in [1.165, 1.54) is 0 Å². The summed E-state index contributed by atoms with van der Waals surface area (Å²) in [6.45, 7) is 4.17. The summed E-state index contributed by atoms with van der Waals surface area (Å²) < 4.78 is 15.8. The minimum Gasteiger partial charge on any atom is -0.497 e. The third-order valence-electron chi connectivity index (χ3n) is 4.87. The zero-order valence-corrected chi connectivity index (χ0v) is 17.7. The van der Waals surface area contributed by atoms with Crippen molar-refractivity contribution in [3.63, 3.8) is 0 Å². The van der Waals surface area contributed by atoms with Crippen LogP contribution in [0.5, 0.6) is 17.2 Å². The van der Waals surface area contributed by atoms with Gasteiger partial charge in [0.05, 0.1) is 21.3 Å². The molecule has 6 heteroatoms. The lowest BCUT2D eigenvalue weighted by Crippen LogP contribution is -2.40. The number of nitrogens with two attached hydrogens (primary N) is 1. The van der Waals surface area contributed by atoms with Gasteiger partial charge in [-0.15, -0.1) is 0 Å². The Morgan fingerprint density at radius 1 is 1.07 bits per heavy atom. The van der Waals surface area contributed by atoms with Gasteiger partial charge in [-0.05, 0) is 61.2 Å². The molecule has 0 fully saturated rings. The molecule has 156 valence electrons. The minimum absolute atomic E-state index is 0.191. The van der Waals surface area contributed by atoms with E-state index < -0.39 is 0 Å². The third-order valence-corrected chi connectivity index (χ3v) is 4.87. The summed E-state index contributed by atoms with van der Waals surface area (Å²) in [4.78, 5) is 12.9. The van der Waals surface area contributed by atoms with Crippen LogP contribution in [0.2, 0.25) is 0 Å². The van der Waals surface area contributed by atoms with E-state index in [4.69, 9.17) is 19.9 Å². The fourth-order valence-electron chi connectivity index (χ4n) is 3.15. The Labute approximate surface area is 172 Å². The first-order valence-corrected chi connectivity index (χ1v) is 9.50. The number of ether oxygens (including phenoxy) is 3. The van der Waals surface area contributed by atoms with E-state index in [1.54, 1.807) is 33.5 Å². The van der Waals surface area contributed by atoms with Gasteiger partial charge in [-0.2, -0.15) is 0 Å². The van der Waals surface area contributed by atoms with Gasteiger partial charge >= 0.3 is 0 Å². The van der Waals surface area contributed by atoms with Crippen molar-refractivity contribution in [1.29, 1.82) is 0 Å². The van der Waals surface area contributed by atoms with E-state index in [1.807, 2.05) is 44.2 Å². The first kappa shape index (κ1) is 22.3. The second kappa shape index (κ2) is 10.5. The summed E-state index contributed by atoms with van der Waals surface area (Å²) in [5.74, 6) is 1.72. The first-order chi connectivity index (χ1) is 14.0. The van der Waals surface area contributed by atoms with Crippen molar-refractivity contribution in [1.82, 2.24) is 5.32 Å². The highest BCUT2D eigenvalue weighted by molar-refractivity contribution is 5.96. The maximum atomic E-state index is 12.9. The molecule has 1 unspecified atom stereocenters. The molecule has 0 radical (unpaired) electrons. The predicted molar refractivity (Wildman–Crippen MR) is 116 cm³/mol. The number of carbonyl (C=O) groups excluding carboxylic acids is 1. The highest BCUT2D eigenvalue weighted by Gasteiger charge is 2.19. The van der Waals surface area contributed by atoms with Crippen LogP contribution >= 0.6 is 0 Å². The van der Waals surface area contributed by atoms with Gasteiger partial charge in [0.15, 0.2) is 11.5 Å². The van der Waals surface area contributed by atoms with Crippen molar-refractivity contribution in [2.24, 2.45) is 5.73 Å². The van der Waals surface area contributed by atoms with Crippen molar-refractivity contribution in [3.8, 4) is 17.2 Å². The summed E-state index contributed by atoms with van der Waals surface area (Å²) in [7, 11) is 4.76. The van der Waals surface area contributed by atoms with Crippen LogP contribution in [0.15, 0.2) is 42.5 Å². The Morgan fingerprint density at radius 2 is 1.69 bits per heavy atom. The maximum absolute atomic E-state index is 12.9. The molecule has 3 N–H and O–H groups in total. The molecule has 2 aromatic rings. The van der Waals surface area contributed by atoms with Gasteiger partial charge in [0.1, 0.15) is 5.75 Å². The van der Waals surface area contributed by atoms with E-state index in [2.05, 4.69) is 5.32 Å². The number of rotatable bonds is 9. The molecular weight excluding hydrogens is 368 g/mol. The number of benzene rings is 2. The number of aryl methyl sites for hydroxylation is 1. The molecule has 6 nitrogen and oxygen atoms in total. The van der Waals surface area contributed by atoms with Crippen molar-refractivity contribution in [2.75, 3.05) is 27.9 Å². The highest BCUT2D eigenvalue weighted by Crippen LogP contribution is 2.30. The number of carbonyl (C=O) groups is 1. The average Bonchev–Trinajstić information content (AvgIpc) is 2.76. The Kier molecular flexibility index (Phi) is 8.09. The predicted octanol–water partition coefficient (Wildman–Crippen LogP) is 3.57. The normalized spacial score (nSPS) is 12.3. The molecular formula is C23H30N2O4. The Hall–Kier alpha value is -2.99. The van der Waals surface area contributed by atoms with Crippen LogP contribution < -0.4 is 25.3 Å². The van der Waals surface area contributed by atoms with Crippen LogP contribution in [0, 0.1) is 6.92 Å². The molecule has 29 heavy (non-hydrogen) atoms.